The molecular formula is C23H25N3O3S. The lowest BCUT2D eigenvalue weighted by atomic mass is 10.1. The Morgan fingerprint density at radius 1 is 1.20 bits per heavy atom. The van der Waals surface area contributed by atoms with Gasteiger partial charge in [-0.05, 0) is 30.5 Å². The van der Waals surface area contributed by atoms with Gasteiger partial charge in [-0.3, -0.25) is 14.2 Å². The Bertz CT molecular complexity index is 1090. The van der Waals surface area contributed by atoms with Gasteiger partial charge in [-0.1, -0.05) is 54.2 Å². The fourth-order valence-corrected chi connectivity index (χ4v) is 4.87. The van der Waals surface area contributed by atoms with Crippen molar-refractivity contribution in [2.45, 2.75) is 35.9 Å². The molecular weight excluding hydrogens is 398 g/mol. The quantitative estimate of drug-likeness (QED) is 0.449. The van der Waals surface area contributed by atoms with Gasteiger partial charge in [0, 0.05) is 20.7 Å². The van der Waals surface area contributed by atoms with Crippen LogP contribution < -0.4 is 5.56 Å². The molecule has 0 unspecified atom stereocenters. The molecule has 2 aromatic carbocycles. The smallest absolute Gasteiger partial charge is 0.262 e. The maximum Gasteiger partial charge on any atom is 0.262 e. The molecule has 0 spiro atoms. The molecule has 6 nitrogen and oxygen atoms in total. The summed E-state index contributed by atoms with van der Waals surface area (Å²) in [4.78, 5) is 32.7. The Morgan fingerprint density at radius 2 is 1.93 bits per heavy atom. The standard InChI is InChI=1S/C23H25N3O3S/c1-25(2)22(28)20(16-9-4-3-5-10-16)30-23-24-19-13-7-6-12-18(19)21(27)26(23)15-17-11-8-14-29-17/h3-7,9-10,12-13,17,20H,8,11,14-15H2,1-2H3/t17-,20-/m1/s1. The Morgan fingerprint density at radius 3 is 2.63 bits per heavy atom. The largest absolute Gasteiger partial charge is 0.376 e. The zero-order chi connectivity index (χ0) is 21.1. The van der Waals surface area contributed by atoms with Gasteiger partial charge < -0.3 is 9.64 Å². The number of ether oxygens (including phenoxy) is 1. The van der Waals surface area contributed by atoms with E-state index in [2.05, 4.69) is 0 Å². The van der Waals surface area contributed by atoms with Crippen molar-refractivity contribution in [3.05, 3.63) is 70.5 Å². The molecule has 0 N–H and O–H groups in total. The number of fused-ring (bicyclic) bond motifs is 1. The minimum Gasteiger partial charge on any atom is -0.376 e. The van der Waals surface area contributed by atoms with E-state index < -0.39 is 5.25 Å². The first-order valence-corrected chi connectivity index (χ1v) is 11.0. The van der Waals surface area contributed by atoms with E-state index in [1.807, 2.05) is 48.5 Å². The summed E-state index contributed by atoms with van der Waals surface area (Å²) in [5.74, 6) is -0.0442. The molecule has 1 aliphatic heterocycles. The second kappa shape index (κ2) is 9.02. The summed E-state index contributed by atoms with van der Waals surface area (Å²) in [5, 5.41) is 0.623. The van der Waals surface area contributed by atoms with E-state index in [4.69, 9.17) is 9.72 Å². The van der Waals surface area contributed by atoms with Crippen molar-refractivity contribution >= 4 is 28.6 Å². The molecule has 30 heavy (non-hydrogen) atoms. The molecule has 1 amide bonds. The van der Waals surface area contributed by atoms with Crippen LogP contribution in [-0.4, -0.2) is 47.2 Å². The lowest BCUT2D eigenvalue weighted by Crippen LogP contribution is -2.30. The van der Waals surface area contributed by atoms with E-state index in [1.54, 1.807) is 29.6 Å². The number of hydrogen-bond acceptors (Lipinski definition) is 5. The van der Waals surface area contributed by atoms with Crippen LogP contribution in [0.5, 0.6) is 0 Å². The lowest BCUT2D eigenvalue weighted by molar-refractivity contribution is -0.128. The van der Waals surface area contributed by atoms with Gasteiger partial charge in [-0.2, -0.15) is 0 Å². The van der Waals surface area contributed by atoms with E-state index in [9.17, 15) is 9.59 Å². The molecule has 1 saturated heterocycles. The average molecular weight is 424 g/mol. The number of benzene rings is 2. The maximum absolute atomic E-state index is 13.3. The zero-order valence-electron chi connectivity index (χ0n) is 17.2. The maximum atomic E-state index is 13.3. The Hall–Kier alpha value is -2.64. The topological polar surface area (TPSA) is 64.4 Å². The highest BCUT2D eigenvalue weighted by molar-refractivity contribution is 8.00. The molecule has 2 heterocycles. The third kappa shape index (κ3) is 4.27. The number of hydrogen-bond donors (Lipinski definition) is 0. The van der Waals surface area contributed by atoms with Crippen molar-refractivity contribution in [3.8, 4) is 0 Å². The van der Waals surface area contributed by atoms with Crippen molar-refractivity contribution in [3.63, 3.8) is 0 Å². The van der Waals surface area contributed by atoms with Gasteiger partial charge in [0.15, 0.2) is 5.16 Å². The van der Waals surface area contributed by atoms with Gasteiger partial charge in [0.05, 0.1) is 23.6 Å². The van der Waals surface area contributed by atoms with Crippen LogP contribution >= 0.6 is 11.8 Å². The molecule has 3 aromatic rings. The van der Waals surface area contributed by atoms with Gasteiger partial charge in [-0.25, -0.2) is 4.98 Å². The third-order valence-corrected chi connectivity index (χ3v) is 6.46. The number of amides is 1. The first kappa shape index (κ1) is 20.6. The van der Waals surface area contributed by atoms with E-state index in [-0.39, 0.29) is 17.6 Å². The fraction of sp³-hybridized carbons (Fsp3) is 0.348. The van der Waals surface area contributed by atoms with E-state index >= 15 is 0 Å². The van der Waals surface area contributed by atoms with Crippen molar-refractivity contribution < 1.29 is 9.53 Å². The van der Waals surface area contributed by atoms with Crippen molar-refractivity contribution in [1.82, 2.24) is 14.5 Å². The monoisotopic (exact) mass is 423 g/mol. The van der Waals surface area contributed by atoms with Gasteiger partial charge in [-0.15, -0.1) is 0 Å². The normalized spacial score (nSPS) is 17.2. The van der Waals surface area contributed by atoms with E-state index in [1.165, 1.54) is 11.8 Å². The highest BCUT2D eigenvalue weighted by Crippen LogP contribution is 2.36. The lowest BCUT2D eigenvalue weighted by Gasteiger charge is -2.22. The Balaban J connectivity index is 1.80. The van der Waals surface area contributed by atoms with Crippen LogP contribution in [0.2, 0.25) is 0 Å². The number of likely N-dealkylation sites (N-methyl/N-ethyl adjacent to an activating group) is 1. The summed E-state index contributed by atoms with van der Waals surface area (Å²) < 4.78 is 7.46. The molecule has 0 radical (unpaired) electrons. The molecule has 1 aromatic heterocycles. The summed E-state index contributed by atoms with van der Waals surface area (Å²) in [7, 11) is 3.48. The van der Waals surface area contributed by atoms with E-state index in [0.717, 1.165) is 18.4 Å². The van der Waals surface area contributed by atoms with Gasteiger partial charge in [0.1, 0.15) is 5.25 Å². The van der Waals surface area contributed by atoms with Crippen LogP contribution in [-0.2, 0) is 16.1 Å². The SMILES string of the molecule is CN(C)C(=O)[C@H](Sc1nc2ccccc2c(=O)n1C[C@H]1CCCO1)c1ccccc1. The van der Waals surface area contributed by atoms with Gasteiger partial charge in [0.2, 0.25) is 5.91 Å². The molecule has 156 valence electrons. The molecule has 7 heteroatoms. The molecule has 4 rings (SSSR count). The number of para-hydroxylation sites is 1. The first-order chi connectivity index (χ1) is 14.5. The molecule has 0 bridgehead atoms. The van der Waals surface area contributed by atoms with Crippen LogP contribution in [0.25, 0.3) is 10.9 Å². The number of nitrogens with zero attached hydrogens (tertiary/aromatic N) is 3. The number of carbonyl (C=O) groups is 1. The van der Waals surface area contributed by atoms with Crippen LogP contribution in [0.4, 0.5) is 0 Å². The van der Waals surface area contributed by atoms with E-state index in [0.29, 0.717) is 29.2 Å². The highest BCUT2D eigenvalue weighted by Gasteiger charge is 2.27. The summed E-state index contributed by atoms with van der Waals surface area (Å²) in [5.41, 5.74) is 1.42. The van der Waals surface area contributed by atoms with Crippen molar-refractivity contribution in [1.29, 1.82) is 0 Å². The predicted octanol–water partition coefficient (Wildman–Crippen LogP) is 3.50. The minimum atomic E-state index is -0.495. The van der Waals surface area contributed by atoms with Crippen LogP contribution in [0.15, 0.2) is 64.5 Å². The zero-order valence-corrected chi connectivity index (χ0v) is 18.0. The van der Waals surface area contributed by atoms with Crippen LogP contribution in [0.3, 0.4) is 0 Å². The number of aromatic nitrogens is 2. The summed E-state index contributed by atoms with van der Waals surface area (Å²) in [6.45, 7) is 1.16. The van der Waals surface area contributed by atoms with Crippen molar-refractivity contribution in [2.75, 3.05) is 20.7 Å². The Labute approximate surface area is 179 Å². The average Bonchev–Trinajstić information content (AvgIpc) is 3.28. The molecule has 2 atom stereocenters. The molecule has 1 fully saturated rings. The summed E-state index contributed by atoms with van der Waals surface area (Å²) >= 11 is 1.32. The van der Waals surface area contributed by atoms with Crippen molar-refractivity contribution in [2.24, 2.45) is 0 Å². The predicted molar refractivity (Wildman–Crippen MR) is 119 cm³/mol. The first-order valence-electron chi connectivity index (χ1n) is 10.1. The Kier molecular flexibility index (Phi) is 6.20. The molecule has 0 aliphatic carbocycles. The van der Waals surface area contributed by atoms with Gasteiger partial charge >= 0.3 is 0 Å². The second-order valence-corrected chi connectivity index (χ2v) is 8.68. The van der Waals surface area contributed by atoms with Crippen LogP contribution in [0, 0.1) is 0 Å². The number of rotatable bonds is 6. The number of carbonyl (C=O) groups excluding carboxylic acids is 1. The molecule has 1 aliphatic rings. The second-order valence-electron chi connectivity index (χ2n) is 7.60. The summed E-state index contributed by atoms with van der Waals surface area (Å²) in [6, 6.07) is 17.0. The number of thioether (sulfide) groups is 1. The van der Waals surface area contributed by atoms with Crippen LogP contribution in [0.1, 0.15) is 23.7 Å². The van der Waals surface area contributed by atoms with Gasteiger partial charge in [0.25, 0.3) is 5.56 Å². The minimum absolute atomic E-state index is 0.00950. The molecule has 0 saturated carbocycles. The third-order valence-electron chi connectivity index (χ3n) is 5.23. The fourth-order valence-electron chi connectivity index (χ4n) is 3.62. The highest BCUT2D eigenvalue weighted by atomic mass is 32.2. The summed E-state index contributed by atoms with van der Waals surface area (Å²) in [6.07, 6.45) is 1.90.